The third-order valence-electron chi connectivity index (χ3n) is 5.98. The van der Waals surface area contributed by atoms with Crippen LogP contribution in [-0.2, 0) is 12.7 Å². The maximum Gasteiger partial charge on any atom is 0.416 e. The molecule has 0 saturated heterocycles. The molecule has 1 aliphatic rings. The Morgan fingerprint density at radius 3 is 2.39 bits per heavy atom. The Morgan fingerprint density at radius 2 is 1.64 bits per heavy atom. The number of halogens is 3. The first-order valence-corrected chi connectivity index (χ1v) is 11.1. The lowest BCUT2D eigenvalue weighted by atomic mass is 9.95. The number of benzene rings is 2. The average molecular weight is 452 g/mol. The number of alkyl halides is 3. The first-order chi connectivity index (χ1) is 16.0. The van der Waals surface area contributed by atoms with Gasteiger partial charge in [0.1, 0.15) is 0 Å². The van der Waals surface area contributed by atoms with Gasteiger partial charge in [-0.15, -0.1) is 5.10 Å². The standard InChI is InChI=1S/C24H23F3N6/c25-24(26,27)19-14-8-7-11-17(19)15-33-23-20(31-32-33)22(28-18-12-5-2-6-13-18)29-21(30-23)16-9-3-1-4-10-16/h1,3-4,7-11,14,18H,2,5-6,12-13,15H2,(H,28,29,30). The van der Waals surface area contributed by atoms with Gasteiger partial charge < -0.3 is 5.32 Å². The van der Waals surface area contributed by atoms with E-state index in [1.165, 1.54) is 23.2 Å². The molecule has 1 saturated carbocycles. The number of nitrogens with one attached hydrogen (secondary N) is 1. The highest BCUT2D eigenvalue weighted by atomic mass is 19.4. The van der Waals surface area contributed by atoms with Gasteiger partial charge in [-0.1, -0.05) is 73.0 Å². The smallest absolute Gasteiger partial charge is 0.365 e. The molecule has 0 unspecified atom stereocenters. The minimum atomic E-state index is -4.45. The zero-order chi connectivity index (χ0) is 22.8. The third kappa shape index (κ3) is 4.53. The van der Waals surface area contributed by atoms with Crippen LogP contribution in [0, 0.1) is 0 Å². The highest BCUT2D eigenvalue weighted by Crippen LogP contribution is 2.33. The van der Waals surface area contributed by atoms with Crippen molar-refractivity contribution in [3.8, 4) is 11.4 Å². The molecule has 2 heterocycles. The van der Waals surface area contributed by atoms with E-state index < -0.39 is 11.7 Å². The van der Waals surface area contributed by atoms with Crippen LogP contribution >= 0.6 is 0 Å². The summed E-state index contributed by atoms with van der Waals surface area (Å²) in [5, 5.41) is 11.9. The Labute approximate surface area is 188 Å². The minimum absolute atomic E-state index is 0.0969. The third-order valence-corrected chi connectivity index (χ3v) is 5.98. The predicted molar refractivity (Wildman–Crippen MR) is 120 cm³/mol. The first kappa shape index (κ1) is 21.4. The van der Waals surface area contributed by atoms with E-state index in [0.29, 0.717) is 22.8 Å². The van der Waals surface area contributed by atoms with Crippen molar-refractivity contribution >= 4 is 17.0 Å². The van der Waals surface area contributed by atoms with Crippen LogP contribution in [0.2, 0.25) is 0 Å². The van der Waals surface area contributed by atoms with Crippen LogP contribution in [0.15, 0.2) is 54.6 Å². The highest BCUT2D eigenvalue weighted by Gasteiger charge is 2.33. The molecule has 1 aliphatic carbocycles. The molecular weight excluding hydrogens is 429 g/mol. The van der Waals surface area contributed by atoms with Gasteiger partial charge in [0.2, 0.25) is 0 Å². The predicted octanol–water partition coefficient (Wildman–Crippen LogP) is 5.70. The van der Waals surface area contributed by atoms with Crippen LogP contribution in [0.1, 0.15) is 43.2 Å². The molecule has 0 spiro atoms. The Balaban J connectivity index is 1.59. The Morgan fingerprint density at radius 1 is 0.909 bits per heavy atom. The molecule has 4 aromatic rings. The number of nitrogens with zero attached hydrogens (tertiary/aromatic N) is 5. The second-order valence-electron chi connectivity index (χ2n) is 8.32. The second kappa shape index (κ2) is 8.80. The molecule has 170 valence electrons. The number of anilines is 1. The topological polar surface area (TPSA) is 68.5 Å². The lowest BCUT2D eigenvalue weighted by Crippen LogP contribution is -2.23. The fraction of sp³-hybridized carbons (Fsp3) is 0.333. The van der Waals surface area contributed by atoms with E-state index in [4.69, 9.17) is 4.98 Å². The normalized spacial score (nSPS) is 15.1. The van der Waals surface area contributed by atoms with Crippen molar-refractivity contribution in [1.82, 2.24) is 25.0 Å². The van der Waals surface area contributed by atoms with Crippen molar-refractivity contribution in [2.75, 3.05) is 5.32 Å². The lowest BCUT2D eigenvalue weighted by molar-refractivity contribution is -0.138. The van der Waals surface area contributed by atoms with Crippen molar-refractivity contribution in [2.24, 2.45) is 0 Å². The zero-order valence-electron chi connectivity index (χ0n) is 17.9. The molecule has 0 radical (unpaired) electrons. The number of fused-ring (bicyclic) bond motifs is 1. The Bertz CT molecular complexity index is 1250. The van der Waals surface area contributed by atoms with Gasteiger partial charge in [0.25, 0.3) is 0 Å². The van der Waals surface area contributed by atoms with E-state index in [0.717, 1.165) is 37.3 Å². The molecule has 1 N–H and O–H groups in total. The van der Waals surface area contributed by atoms with Crippen LogP contribution in [0.4, 0.5) is 19.0 Å². The molecule has 9 heteroatoms. The van der Waals surface area contributed by atoms with Gasteiger partial charge in [0, 0.05) is 11.6 Å². The van der Waals surface area contributed by atoms with E-state index in [-0.39, 0.29) is 18.2 Å². The van der Waals surface area contributed by atoms with Crippen molar-refractivity contribution in [2.45, 2.75) is 50.9 Å². The molecule has 2 aromatic heterocycles. The molecule has 6 nitrogen and oxygen atoms in total. The molecule has 0 bridgehead atoms. The number of aromatic nitrogens is 5. The van der Waals surface area contributed by atoms with E-state index in [1.54, 1.807) is 6.07 Å². The zero-order valence-corrected chi connectivity index (χ0v) is 17.9. The summed E-state index contributed by atoms with van der Waals surface area (Å²) in [5.74, 6) is 1.05. The van der Waals surface area contributed by atoms with Crippen LogP contribution in [0.3, 0.4) is 0 Å². The van der Waals surface area contributed by atoms with Gasteiger partial charge in [-0.05, 0) is 24.5 Å². The van der Waals surface area contributed by atoms with Gasteiger partial charge in [-0.3, -0.25) is 0 Å². The van der Waals surface area contributed by atoms with E-state index in [1.807, 2.05) is 30.3 Å². The number of hydrogen-bond donors (Lipinski definition) is 1. The summed E-state index contributed by atoms with van der Waals surface area (Å²) in [7, 11) is 0. The summed E-state index contributed by atoms with van der Waals surface area (Å²) in [4.78, 5) is 9.38. The summed E-state index contributed by atoms with van der Waals surface area (Å²) in [6, 6.07) is 15.3. The SMILES string of the molecule is FC(F)(F)c1ccccc1Cn1nnc2c(NC3CCCCC3)nc(-c3ccccc3)nc21. The van der Waals surface area contributed by atoms with Gasteiger partial charge in [0.15, 0.2) is 22.8 Å². The summed E-state index contributed by atoms with van der Waals surface area (Å²) in [6.07, 6.45) is 1.15. The molecular formula is C24H23F3N6. The highest BCUT2D eigenvalue weighted by molar-refractivity contribution is 5.84. The molecule has 1 fully saturated rings. The quantitative estimate of drug-likeness (QED) is 0.421. The number of hydrogen-bond acceptors (Lipinski definition) is 5. The Hall–Kier alpha value is -3.49. The largest absolute Gasteiger partial charge is 0.416 e. The van der Waals surface area contributed by atoms with Crippen LogP contribution in [0.25, 0.3) is 22.6 Å². The van der Waals surface area contributed by atoms with Crippen molar-refractivity contribution in [1.29, 1.82) is 0 Å². The van der Waals surface area contributed by atoms with Crippen LogP contribution in [0.5, 0.6) is 0 Å². The summed E-state index contributed by atoms with van der Waals surface area (Å²) >= 11 is 0. The van der Waals surface area contributed by atoms with E-state index in [9.17, 15) is 13.2 Å². The van der Waals surface area contributed by atoms with Gasteiger partial charge in [-0.25, -0.2) is 14.6 Å². The Kier molecular flexibility index (Phi) is 5.70. The molecule has 0 amide bonds. The van der Waals surface area contributed by atoms with Crippen molar-refractivity contribution in [3.63, 3.8) is 0 Å². The summed E-state index contributed by atoms with van der Waals surface area (Å²) in [5.41, 5.74) is 1.10. The van der Waals surface area contributed by atoms with Crippen molar-refractivity contribution < 1.29 is 13.2 Å². The summed E-state index contributed by atoms with van der Waals surface area (Å²) in [6.45, 7) is -0.0969. The maximum absolute atomic E-state index is 13.5. The molecule has 2 aromatic carbocycles. The van der Waals surface area contributed by atoms with Crippen LogP contribution < -0.4 is 5.32 Å². The molecule has 0 aliphatic heterocycles. The lowest BCUT2D eigenvalue weighted by Gasteiger charge is -2.23. The van der Waals surface area contributed by atoms with Gasteiger partial charge in [0.05, 0.1) is 12.1 Å². The fourth-order valence-corrected chi connectivity index (χ4v) is 4.32. The molecule has 0 atom stereocenters. The van der Waals surface area contributed by atoms with Gasteiger partial charge in [-0.2, -0.15) is 13.2 Å². The average Bonchev–Trinajstić information content (AvgIpc) is 3.23. The molecule has 5 rings (SSSR count). The number of rotatable bonds is 5. The van der Waals surface area contributed by atoms with E-state index in [2.05, 4.69) is 20.6 Å². The monoisotopic (exact) mass is 452 g/mol. The first-order valence-electron chi connectivity index (χ1n) is 11.1. The molecule has 33 heavy (non-hydrogen) atoms. The van der Waals surface area contributed by atoms with Crippen molar-refractivity contribution in [3.05, 3.63) is 65.7 Å². The minimum Gasteiger partial charge on any atom is -0.365 e. The second-order valence-corrected chi connectivity index (χ2v) is 8.32. The summed E-state index contributed by atoms with van der Waals surface area (Å²) < 4.78 is 42.0. The van der Waals surface area contributed by atoms with Gasteiger partial charge >= 0.3 is 6.18 Å². The maximum atomic E-state index is 13.5. The van der Waals surface area contributed by atoms with E-state index >= 15 is 0 Å². The fourth-order valence-electron chi connectivity index (χ4n) is 4.32. The van der Waals surface area contributed by atoms with Crippen LogP contribution in [-0.4, -0.2) is 31.0 Å².